The van der Waals surface area contributed by atoms with Crippen molar-refractivity contribution in [1.82, 2.24) is 10.6 Å². The first kappa shape index (κ1) is 23.3. The van der Waals surface area contributed by atoms with Crippen molar-refractivity contribution in [2.75, 3.05) is 0 Å². The van der Waals surface area contributed by atoms with Crippen LogP contribution in [0.3, 0.4) is 0 Å². The summed E-state index contributed by atoms with van der Waals surface area (Å²) in [5.41, 5.74) is 2.40. The van der Waals surface area contributed by atoms with Crippen LogP contribution in [0, 0.1) is 0 Å². The third-order valence-corrected chi connectivity index (χ3v) is 5.75. The molecule has 3 aromatic carbocycles. The van der Waals surface area contributed by atoms with Crippen LogP contribution in [-0.2, 0) is 4.79 Å². The molecular weight excluding hydrogens is 492 g/mol. The summed E-state index contributed by atoms with van der Waals surface area (Å²) in [7, 11) is 0. The van der Waals surface area contributed by atoms with E-state index >= 15 is 0 Å². The van der Waals surface area contributed by atoms with Crippen LogP contribution in [0.15, 0.2) is 112 Å². The van der Waals surface area contributed by atoms with Gasteiger partial charge in [-0.3, -0.25) is 9.59 Å². The van der Waals surface area contributed by atoms with E-state index in [-0.39, 0.29) is 17.6 Å². The van der Waals surface area contributed by atoms with Crippen LogP contribution >= 0.6 is 15.9 Å². The Bertz CT molecular complexity index is 1300. The molecular formula is C28H23BrN2O3. The highest BCUT2D eigenvalue weighted by atomic mass is 79.9. The van der Waals surface area contributed by atoms with Gasteiger partial charge in [0.2, 0.25) is 0 Å². The highest BCUT2D eigenvalue weighted by Crippen LogP contribution is 2.25. The second-order valence-corrected chi connectivity index (χ2v) is 8.61. The summed E-state index contributed by atoms with van der Waals surface area (Å²) >= 11 is 3.43. The number of hydrogen-bond donors (Lipinski definition) is 2. The lowest BCUT2D eigenvalue weighted by Gasteiger charge is -2.16. The van der Waals surface area contributed by atoms with Crippen LogP contribution in [0.2, 0.25) is 0 Å². The predicted molar refractivity (Wildman–Crippen MR) is 137 cm³/mol. The number of amides is 2. The Kier molecular flexibility index (Phi) is 7.40. The lowest BCUT2D eigenvalue weighted by Crippen LogP contribution is -2.36. The zero-order valence-electron chi connectivity index (χ0n) is 18.5. The molecule has 0 aliphatic carbocycles. The molecule has 2 amide bonds. The minimum absolute atomic E-state index is 0.0911. The van der Waals surface area contributed by atoms with Gasteiger partial charge in [0.15, 0.2) is 0 Å². The minimum Gasteiger partial charge on any atom is -0.457 e. The molecule has 0 bridgehead atoms. The number of rotatable bonds is 7. The first-order chi connectivity index (χ1) is 16.5. The second kappa shape index (κ2) is 10.8. The summed E-state index contributed by atoms with van der Waals surface area (Å²) in [6, 6.07) is 29.4. The Morgan fingerprint density at radius 3 is 2.18 bits per heavy atom. The van der Waals surface area contributed by atoms with E-state index in [2.05, 4.69) is 26.6 Å². The van der Waals surface area contributed by atoms with E-state index in [1.165, 1.54) is 6.08 Å². The highest BCUT2D eigenvalue weighted by Gasteiger charge is 2.18. The van der Waals surface area contributed by atoms with E-state index in [0.717, 1.165) is 15.6 Å². The summed E-state index contributed by atoms with van der Waals surface area (Å²) in [5.74, 6) is 0.311. The first-order valence-corrected chi connectivity index (χ1v) is 11.6. The molecule has 1 heterocycles. The summed E-state index contributed by atoms with van der Waals surface area (Å²) < 4.78 is 6.91. The average molecular weight is 515 g/mol. The summed E-state index contributed by atoms with van der Waals surface area (Å²) in [6.45, 7) is 1.89. The summed E-state index contributed by atoms with van der Waals surface area (Å²) in [6.07, 6.45) is 1.54. The average Bonchev–Trinajstić information content (AvgIpc) is 3.33. The van der Waals surface area contributed by atoms with E-state index in [1.54, 1.807) is 30.3 Å². The molecule has 170 valence electrons. The largest absolute Gasteiger partial charge is 0.457 e. The van der Waals surface area contributed by atoms with Crippen molar-refractivity contribution in [3.63, 3.8) is 0 Å². The molecule has 4 rings (SSSR count). The van der Waals surface area contributed by atoms with Gasteiger partial charge in [0.1, 0.15) is 17.2 Å². The van der Waals surface area contributed by atoms with Crippen molar-refractivity contribution in [2.24, 2.45) is 0 Å². The normalized spacial score (nSPS) is 12.1. The van der Waals surface area contributed by atoms with Crippen molar-refractivity contribution in [1.29, 1.82) is 0 Å². The van der Waals surface area contributed by atoms with Gasteiger partial charge in [0.05, 0.1) is 6.04 Å². The van der Waals surface area contributed by atoms with Crippen LogP contribution in [0.1, 0.15) is 34.6 Å². The van der Waals surface area contributed by atoms with Gasteiger partial charge in [-0.2, -0.15) is 0 Å². The van der Waals surface area contributed by atoms with Crippen LogP contribution in [0.4, 0.5) is 0 Å². The number of nitrogens with one attached hydrogen (secondary N) is 2. The molecule has 0 radical (unpaired) electrons. The zero-order valence-corrected chi connectivity index (χ0v) is 20.1. The lowest BCUT2D eigenvalue weighted by atomic mass is 10.1. The monoisotopic (exact) mass is 514 g/mol. The topological polar surface area (TPSA) is 71.3 Å². The molecule has 0 aliphatic heterocycles. The maximum Gasteiger partial charge on any atom is 0.268 e. The number of furan rings is 1. The standard InChI is InChI=1S/C28H23BrN2O3/c1-19(20-8-4-2-5-9-20)30-28(33)25(31-27(32)22-10-6-3-7-11-22)18-24-16-17-26(34-24)21-12-14-23(29)15-13-21/h2-19H,1H3,(H,30,33)(H,31,32)/b25-18-/t19-/m0/s1. The van der Waals surface area contributed by atoms with Gasteiger partial charge in [-0.1, -0.05) is 76.6 Å². The molecule has 6 heteroatoms. The molecule has 5 nitrogen and oxygen atoms in total. The van der Waals surface area contributed by atoms with E-state index in [0.29, 0.717) is 17.1 Å². The molecule has 4 aromatic rings. The van der Waals surface area contributed by atoms with Gasteiger partial charge in [-0.15, -0.1) is 0 Å². The number of hydrogen-bond acceptors (Lipinski definition) is 3. The maximum atomic E-state index is 13.2. The van der Waals surface area contributed by atoms with Gasteiger partial charge in [-0.25, -0.2) is 0 Å². The number of carbonyl (C=O) groups is 2. The fourth-order valence-electron chi connectivity index (χ4n) is 3.38. The molecule has 34 heavy (non-hydrogen) atoms. The number of carbonyl (C=O) groups excluding carboxylic acids is 2. The molecule has 0 unspecified atom stereocenters. The van der Waals surface area contributed by atoms with E-state index < -0.39 is 5.91 Å². The van der Waals surface area contributed by atoms with Crippen LogP contribution in [0.5, 0.6) is 0 Å². The minimum atomic E-state index is -0.415. The quantitative estimate of drug-likeness (QED) is 0.282. The van der Waals surface area contributed by atoms with Gasteiger partial charge < -0.3 is 15.1 Å². The first-order valence-electron chi connectivity index (χ1n) is 10.8. The molecule has 0 spiro atoms. The fraction of sp³-hybridized carbons (Fsp3) is 0.0714. The van der Waals surface area contributed by atoms with Crippen LogP contribution < -0.4 is 10.6 Å². The molecule has 1 atom stereocenters. The number of halogens is 1. The third-order valence-electron chi connectivity index (χ3n) is 5.22. The van der Waals surface area contributed by atoms with E-state index in [9.17, 15) is 9.59 Å². The summed E-state index contributed by atoms with van der Waals surface area (Å²) in [4.78, 5) is 26.0. The smallest absolute Gasteiger partial charge is 0.268 e. The Morgan fingerprint density at radius 1 is 0.853 bits per heavy atom. The Hall–Kier alpha value is -3.90. The number of benzene rings is 3. The zero-order chi connectivity index (χ0) is 23.9. The highest BCUT2D eigenvalue weighted by molar-refractivity contribution is 9.10. The van der Waals surface area contributed by atoms with Gasteiger partial charge in [-0.05, 0) is 48.9 Å². The van der Waals surface area contributed by atoms with Crippen molar-refractivity contribution < 1.29 is 14.0 Å². The Labute approximate surface area is 206 Å². The molecule has 2 N–H and O–H groups in total. The van der Waals surface area contributed by atoms with E-state index in [4.69, 9.17) is 4.42 Å². The predicted octanol–water partition coefficient (Wildman–Crippen LogP) is 6.36. The second-order valence-electron chi connectivity index (χ2n) is 7.69. The fourth-order valence-corrected chi connectivity index (χ4v) is 3.65. The molecule has 0 saturated carbocycles. The van der Waals surface area contributed by atoms with Gasteiger partial charge in [0.25, 0.3) is 11.8 Å². The van der Waals surface area contributed by atoms with Gasteiger partial charge >= 0.3 is 0 Å². The molecule has 0 aliphatic rings. The van der Waals surface area contributed by atoms with Crippen LogP contribution in [0.25, 0.3) is 17.4 Å². The lowest BCUT2D eigenvalue weighted by molar-refractivity contribution is -0.118. The maximum absolute atomic E-state index is 13.2. The Balaban J connectivity index is 1.60. The third kappa shape index (κ3) is 5.91. The SMILES string of the molecule is C[C@H](NC(=O)/C(=C/c1ccc(-c2ccc(Br)cc2)o1)NC(=O)c1ccccc1)c1ccccc1. The van der Waals surface area contributed by atoms with Crippen molar-refractivity contribution in [2.45, 2.75) is 13.0 Å². The van der Waals surface area contributed by atoms with Crippen molar-refractivity contribution in [3.05, 3.63) is 124 Å². The van der Waals surface area contributed by atoms with Gasteiger partial charge in [0, 0.05) is 21.7 Å². The van der Waals surface area contributed by atoms with E-state index in [1.807, 2.05) is 73.7 Å². The van der Waals surface area contributed by atoms with Crippen molar-refractivity contribution >= 4 is 33.8 Å². The van der Waals surface area contributed by atoms with Crippen molar-refractivity contribution in [3.8, 4) is 11.3 Å². The molecule has 1 aromatic heterocycles. The summed E-state index contributed by atoms with van der Waals surface area (Å²) in [5, 5.41) is 5.69. The Morgan fingerprint density at radius 2 is 1.50 bits per heavy atom. The van der Waals surface area contributed by atoms with Crippen LogP contribution in [-0.4, -0.2) is 11.8 Å². The molecule has 0 fully saturated rings. The molecule has 0 saturated heterocycles.